The lowest BCUT2D eigenvalue weighted by atomic mass is 10.1. The molecule has 1 heterocycles. The molecule has 0 saturated carbocycles. The van der Waals surface area contributed by atoms with Crippen LogP contribution >= 0.6 is 15.9 Å². The molecule has 7 heteroatoms. The summed E-state index contributed by atoms with van der Waals surface area (Å²) in [6.07, 6.45) is 1.14. The third kappa shape index (κ3) is 3.33. The molecule has 0 fully saturated rings. The van der Waals surface area contributed by atoms with Gasteiger partial charge in [0, 0.05) is 16.3 Å². The molecular weight excluding hydrogens is 430 g/mol. The first-order chi connectivity index (χ1) is 12.8. The number of anilines is 1. The van der Waals surface area contributed by atoms with Crippen molar-refractivity contribution < 1.29 is 17.9 Å². The number of sulfone groups is 1. The van der Waals surface area contributed by atoms with Crippen molar-refractivity contribution >= 4 is 48.1 Å². The molecule has 3 aromatic carbocycles. The quantitative estimate of drug-likeness (QED) is 0.596. The van der Waals surface area contributed by atoms with Crippen LogP contribution in [0.2, 0.25) is 0 Å². The van der Waals surface area contributed by atoms with Crippen LogP contribution in [0.15, 0.2) is 64.0 Å². The molecule has 0 radical (unpaired) electrons. The Labute approximate surface area is 165 Å². The summed E-state index contributed by atoms with van der Waals surface area (Å²) < 4.78 is 30.3. The van der Waals surface area contributed by atoms with Crippen molar-refractivity contribution in [1.82, 2.24) is 0 Å². The summed E-state index contributed by atoms with van der Waals surface area (Å²) in [6.45, 7) is 0.704. The molecule has 0 saturated heterocycles. The van der Waals surface area contributed by atoms with E-state index in [1.807, 2.05) is 30.3 Å². The van der Waals surface area contributed by atoms with Crippen LogP contribution in [0.25, 0.3) is 10.8 Å². The molecule has 0 aliphatic carbocycles. The lowest BCUT2D eigenvalue weighted by molar-refractivity contribution is 0.0976. The minimum atomic E-state index is -3.39. The smallest absolute Gasteiger partial charge is 0.258 e. The highest BCUT2D eigenvalue weighted by Crippen LogP contribution is 2.35. The number of rotatable bonds is 2. The Morgan fingerprint density at radius 2 is 1.89 bits per heavy atom. The predicted molar refractivity (Wildman–Crippen MR) is 108 cm³/mol. The molecule has 5 nitrogen and oxygen atoms in total. The molecule has 0 aromatic heterocycles. The number of ether oxygens (including phenoxy) is 1. The number of amides is 1. The number of halogens is 1. The van der Waals surface area contributed by atoms with Crippen LogP contribution in [-0.2, 0) is 9.84 Å². The molecule has 0 spiro atoms. The fourth-order valence-electron chi connectivity index (χ4n) is 3.18. The summed E-state index contributed by atoms with van der Waals surface area (Å²) in [4.78, 5) is 14.9. The van der Waals surface area contributed by atoms with Crippen LogP contribution in [-0.4, -0.2) is 33.7 Å². The number of nitrogens with zero attached hydrogens (tertiary/aromatic N) is 1. The highest BCUT2D eigenvalue weighted by molar-refractivity contribution is 9.10. The van der Waals surface area contributed by atoms with E-state index in [0.29, 0.717) is 30.2 Å². The van der Waals surface area contributed by atoms with E-state index in [0.717, 1.165) is 21.5 Å². The zero-order valence-electron chi connectivity index (χ0n) is 14.5. The average Bonchev–Trinajstić information content (AvgIpc) is 2.66. The Bertz CT molecular complexity index is 1170. The first-order valence-electron chi connectivity index (χ1n) is 8.32. The number of fused-ring (bicyclic) bond motifs is 2. The molecule has 0 unspecified atom stereocenters. The number of hydrogen-bond acceptors (Lipinski definition) is 4. The summed E-state index contributed by atoms with van der Waals surface area (Å²) in [7, 11) is -3.39. The van der Waals surface area contributed by atoms with Gasteiger partial charge in [0.1, 0.15) is 12.4 Å². The fraction of sp³-hybridized carbons (Fsp3) is 0.150. The topological polar surface area (TPSA) is 63.7 Å². The average molecular weight is 446 g/mol. The number of carbonyl (C=O) groups is 1. The van der Waals surface area contributed by atoms with E-state index in [2.05, 4.69) is 15.9 Å². The molecule has 0 N–H and O–H groups in total. The Hall–Kier alpha value is -2.38. The Kier molecular flexibility index (Phi) is 4.44. The maximum Gasteiger partial charge on any atom is 0.258 e. The summed E-state index contributed by atoms with van der Waals surface area (Å²) in [5, 5.41) is 1.98. The molecule has 0 atom stereocenters. The van der Waals surface area contributed by atoms with Gasteiger partial charge in [-0.2, -0.15) is 0 Å². The van der Waals surface area contributed by atoms with E-state index in [9.17, 15) is 13.2 Å². The summed E-state index contributed by atoms with van der Waals surface area (Å²) in [6, 6.07) is 16.0. The molecule has 138 valence electrons. The predicted octanol–water partition coefficient (Wildman–Crippen LogP) is 4.05. The second kappa shape index (κ2) is 6.65. The summed E-state index contributed by atoms with van der Waals surface area (Å²) in [5.74, 6) is 0.304. The van der Waals surface area contributed by atoms with Gasteiger partial charge >= 0.3 is 0 Å². The molecule has 1 aliphatic rings. The molecule has 0 bridgehead atoms. The third-order valence-corrected chi connectivity index (χ3v) is 6.29. The number of hydrogen-bond donors (Lipinski definition) is 0. The maximum atomic E-state index is 13.2. The van der Waals surface area contributed by atoms with Crippen LogP contribution in [0.4, 0.5) is 5.69 Å². The minimum absolute atomic E-state index is 0.157. The molecule has 27 heavy (non-hydrogen) atoms. The van der Waals surface area contributed by atoms with E-state index in [1.54, 1.807) is 17.0 Å². The lowest BCUT2D eigenvalue weighted by Gasteiger charge is -2.30. The highest BCUT2D eigenvalue weighted by Gasteiger charge is 2.26. The normalized spacial score (nSPS) is 13.9. The van der Waals surface area contributed by atoms with E-state index >= 15 is 0 Å². The standard InChI is InChI=1S/C20H16BrNO4S/c1-27(24,25)15-6-7-19-18(12-15)22(8-9-26-19)20(23)14-10-13-4-2-3-5-16(13)17(21)11-14/h2-7,10-12H,8-9H2,1H3. The molecule has 1 aliphatic heterocycles. The Morgan fingerprint density at radius 1 is 1.11 bits per heavy atom. The van der Waals surface area contributed by atoms with E-state index in [-0.39, 0.29) is 10.8 Å². The van der Waals surface area contributed by atoms with Gasteiger partial charge in [-0.3, -0.25) is 4.79 Å². The van der Waals surface area contributed by atoms with Crippen molar-refractivity contribution in [2.24, 2.45) is 0 Å². The van der Waals surface area contributed by atoms with E-state index in [1.165, 1.54) is 12.1 Å². The van der Waals surface area contributed by atoms with Gasteiger partial charge in [0.25, 0.3) is 5.91 Å². The van der Waals surface area contributed by atoms with E-state index in [4.69, 9.17) is 4.74 Å². The van der Waals surface area contributed by atoms with Crippen molar-refractivity contribution in [3.8, 4) is 5.75 Å². The third-order valence-electron chi connectivity index (χ3n) is 4.53. The first kappa shape index (κ1) is 18.0. The monoisotopic (exact) mass is 445 g/mol. The van der Waals surface area contributed by atoms with Crippen LogP contribution in [0.1, 0.15) is 10.4 Å². The second-order valence-electron chi connectivity index (χ2n) is 6.39. The van der Waals surface area contributed by atoms with Crippen LogP contribution in [0.5, 0.6) is 5.75 Å². The molecule has 1 amide bonds. The zero-order chi connectivity index (χ0) is 19.2. The van der Waals surface area contributed by atoms with Gasteiger partial charge in [-0.1, -0.05) is 40.2 Å². The molecule has 3 aromatic rings. The second-order valence-corrected chi connectivity index (χ2v) is 9.26. The maximum absolute atomic E-state index is 13.2. The number of carbonyl (C=O) groups excluding carboxylic acids is 1. The molecular formula is C20H16BrNO4S. The summed E-state index contributed by atoms with van der Waals surface area (Å²) >= 11 is 3.53. The Balaban J connectivity index is 1.80. The highest BCUT2D eigenvalue weighted by atomic mass is 79.9. The van der Waals surface area contributed by atoms with Gasteiger partial charge in [-0.15, -0.1) is 0 Å². The van der Waals surface area contributed by atoms with Crippen molar-refractivity contribution in [3.05, 3.63) is 64.6 Å². The largest absolute Gasteiger partial charge is 0.490 e. The van der Waals surface area contributed by atoms with Gasteiger partial charge in [-0.25, -0.2) is 8.42 Å². The van der Waals surface area contributed by atoms with E-state index < -0.39 is 9.84 Å². The van der Waals surface area contributed by atoms with Gasteiger partial charge < -0.3 is 9.64 Å². The van der Waals surface area contributed by atoms with Gasteiger partial charge in [0.2, 0.25) is 0 Å². The zero-order valence-corrected chi connectivity index (χ0v) is 16.9. The van der Waals surface area contributed by atoms with Crippen LogP contribution < -0.4 is 9.64 Å². The minimum Gasteiger partial charge on any atom is -0.490 e. The summed E-state index contributed by atoms with van der Waals surface area (Å²) in [5.41, 5.74) is 0.997. The van der Waals surface area contributed by atoms with Crippen LogP contribution in [0.3, 0.4) is 0 Å². The lowest BCUT2D eigenvalue weighted by Crippen LogP contribution is -2.38. The van der Waals surface area contributed by atoms with Crippen molar-refractivity contribution in [2.75, 3.05) is 24.3 Å². The number of benzene rings is 3. The fourth-order valence-corrected chi connectivity index (χ4v) is 4.43. The van der Waals surface area contributed by atoms with Crippen molar-refractivity contribution in [3.63, 3.8) is 0 Å². The van der Waals surface area contributed by atoms with Gasteiger partial charge in [-0.05, 0) is 41.1 Å². The van der Waals surface area contributed by atoms with Crippen molar-refractivity contribution in [2.45, 2.75) is 4.90 Å². The molecule has 4 rings (SSSR count). The van der Waals surface area contributed by atoms with Gasteiger partial charge in [0.05, 0.1) is 17.1 Å². The Morgan fingerprint density at radius 3 is 2.67 bits per heavy atom. The van der Waals surface area contributed by atoms with Crippen molar-refractivity contribution in [1.29, 1.82) is 0 Å². The van der Waals surface area contributed by atoms with Crippen LogP contribution in [0, 0.1) is 0 Å². The first-order valence-corrected chi connectivity index (χ1v) is 11.0. The SMILES string of the molecule is CS(=O)(=O)c1ccc2c(c1)N(C(=O)c1cc(Br)c3ccccc3c1)CCO2. The van der Waals surface area contributed by atoms with Gasteiger partial charge in [0.15, 0.2) is 9.84 Å².